The Bertz CT molecular complexity index is 543. The number of rotatable bonds is 4. The van der Waals surface area contributed by atoms with Gasteiger partial charge in [-0.05, 0) is 18.6 Å². The fourth-order valence-corrected chi connectivity index (χ4v) is 2.83. The SMILES string of the molecule is Cc1ccccc1N1C(=O)CC(SCC(=O)O)C1=O. The minimum atomic E-state index is -0.986. The molecule has 0 spiro atoms. The number of hydrogen-bond acceptors (Lipinski definition) is 4. The molecular formula is C13H13NO4S. The lowest BCUT2D eigenvalue weighted by molar-refractivity contribution is -0.134. The van der Waals surface area contributed by atoms with E-state index in [9.17, 15) is 14.4 Å². The summed E-state index contributed by atoms with van der Waals surface area (Å²) in [5.74, 6) is -1.77. The predicted molar refractivity (Wildman–Crippen MR) is 72.2 cm³/mol. The van der Waals surface area contributed by atoms with E-state index in [1.54, 1.807) is 12.1 Å². The lowest BCUT2D eigenvalue weighted by Gasteiger charge is -2.16. The third kappa shape index (κ3) is 2.78. The van der Waals surface area contributed by atoms with Crippen LogP contribution in [0.4, 0.5) is 5.69 Å². The lowest BCUT2D eigenvalue weighted by Crippen LogP contribution is -2.31. The second-order valence-corrected chi connectivity index (χ2v) is 5.44. The summed E-state index contributed by atoms with van der Waals surface area (Å²) >= 11 is 0.997. The summed E-state index contributed by atoms with van der Waals surface area (Å²) in [5, 5.41) is 8.03. The zero-order valence-corrected chi connectivity index (χ0v) is 11.1. The predicted octanol–water partition coefficient (Wildman–Crippen LogP) is 1.44. The summed E-state index contributed by atoms with van der Waals surface area (Å²) in [4.78, 5) is 35.8. The van der Waals surface area contributed by atoms with Crippen LogP contribution >= 0.6 is 11.8 Å². The van der Waals surface area contributed by atoms with Crippen molar-refractivity contribution in [1.29, 1.82) is 0 Å². The van der Waals surface area contributed by atoms with Crippen LogP contribution in [0.2, 0.25) is 0 Å². The molecule has 5 nitrogen and oxygen atoms in total. The number of nitrogens with zero attached hydrogens (tertiary/aromatic N) is 1. The molecule has 1 aromatic carbocycles. The van der Waals surface area contributed by atoms with Crippen LogP contribution in [0.3, 0.4) is 0 Å². The van der Waals surface area contributed by atoms with Gasteiger partial charge in [0.25, 0.3) is 0 Å². The van der Waals surface area contributed by atoms with Crippen molar-refractivity contribution < 1.29 is 19.5 Å². The van der Waals surface area contributed by atoms with Crippen molar-refractivity contribution in [2.45, 2.75) is 18.6 Å². The Kier molecular flexibility index (Phi) is 3.90. The first kappa shape index (κ1) is 13.6. The Morgan fingerprint density at radius 1 is 1.42 bits per heavy atom. The molecule has 1 saturated heterocycles. The molecule has 1 unspecified atom stereocenters. The number of imide groups is 1. The molecule has 100 valence electrons. The Morgan fingerprint density at radius 3 is 2.74 bits per heavy atom. The molecule has 1 aliphatic rings. The van der Waals surface area contributed by atoms with E-state index in [1.165, 1.54) is 0 Å². The first-order valence-electron chi connectivity index (χ1n) is 5.76. The minimum Gasteiger partial charge on any atom is -0.481 e. The van der Waals surface area contributed by atoms with E-state index >= 15 is 0 Å². The third-order valence-corrected chi connectivity index (χ3v) is 4.05. The highest BCUT2D eigenvalue weighted by Crippen LogP contribution is 2.31. The molecule has 6 heteroatoms. The van der Waals surface area contributed by atoms with Crippen molar-refractivity contribution in [3.05, 3.63) is 29.8 Å². The van der Waals surface area contributed by atoms with E-state index in [4.69, 9.17) is 5.11 Å². The van der Waals surface area contributed by atoms with E-state index in [2.05, 4.69) is 0 Å². The molecule has 0 aromatic heterocycles. The van der Waals surface area contributed by atoms with Crippen molar-refractivity contribution in [2.75, 3.05) is 10.7 Å². The normalized spacial score (nSPS) is 19.0. The van der Waals surface area contributed by atoms with E-state index in [1.807, 2.05) is 19.1 Å². The number of para-hydroxylation sites is 1. The third-order valence-electron chi connectivity index (χ3n) is 2.87. The fraction of sp³-hybridized carbons (Fsp3) is 0.308. The van der Waals surface area contributed by atoms with Crippen LogP contribution < -0.4 is 4.90 Å². The van der Waals surface area contributed by atoms with E-state index in [0.29, 0.717) is 5.69 Å². The molecule has 1 heterocycles. The minimum absolute atomic E-state index is 0.0606. The highest BCUT2D eigenvalue weighted by atomic mass is 32.2. The van der Waals surface area contributed by atoms with Crippen LogP contribution in [-0.4, -0.2) is 33.9 Å². The molecule has 0 radical (unpaired) electrons. The summed E-state index contributed by atoms with van der Waals surface area (Å²) in [5.41, 5.74) is 1.42. The van der Waals surface area contributed by atoms with Gasteiger partial charge in [-0.2, -0.15) is 0 Å². The number of carbonyl (C=O) groups is 3. The molecular weight excluding hydrogens is 266 g/mol. The first-order valence-corrected chi connectivity index (χ1v) is 6.81. The molecule has 1 fully saturated rings. The quantitative estimate of drug-likeness (QED) is 0.844. The maximum Gasteiger partial charge on any atom is 0.313 e. The Morgan fingerprint density at radius 2 is 2.11 bits per heavy atom. The molecule has 2 amide bonds. The smallest absolute Gasteiger partial charge is 0.313 e. The monoisotopic (exact) mass is 279 g/mol. The van der Waals surface area contributed by atoms with E-state index in [0.717, 1.165) is 22.2 Å². The number of aliphatic carboxylic acids is 1. The van der Waals surface area contributed by atoms with Gasteiger partial charge in [0.2, 0.25) is 11.8 Å². The van der Waals surface area contributed by atoms with Crippen LogP contribution in [0, 0.1) is 6.92 Å². The molecule has 1 atom stereocenters. The summed E-state index contributed by atoms with van der Waals surface area (Å²) < 4.78 is 0. The number of aryl methyl sites for hydroxylation is 1. The zero-order valence-electron chi connectivity index (χ0n) is 10.3. The highest BCUT2D eigenvalue weighted by molar-refractivity contribution is 8.01. The van der Waals surface area contributed by atoms with Gasteiger partial charge in [0.15, 0.2) is 0 Å². The van der Waals surface area contributed by atoms with Crippen LogP contribution in [0.15, 0.2) is 24.3 Å². The molecule has 0 saturated carbocycles. The van der Waals surface area contributed by atoms with E-state index < -0.39 is 11.2 Å². The number of hydrogen-bond donors (Lipinski definition) is 1. The van der Waals surface area contributed by atoms with Gasteiger partial charge >= 0.3 is 5.97 Å². The average molecular weight is 279 g/mol. The number of amides is 2. The van der Waals surface area contributed by atoms with Crippen LogP contribution in [0.25, 0.3) is 0 Å². The molecule has 1 aromatic rings. The molecule has 0 aliphatic carbocycles. The Balaban J connectivity index is 2.19. The largest absolute Gasteiger partial charge is 0.481 e. The average Bonchev–Trinajstić information content (AvgIpc) is 2.63. The zero-order chi connectivity index (χ0) is 14.0. The van der Waals surface area contributed by atoms with Crippen molar-refractivity contribution in [2.24, 2.45) is 0 Å². The van der Waals surface area contributed by atoms with Crippen molar-refractivity contribution in [3.63, 3.8) is 0 Å². The molecule has 2 rings (SSSR count). The second kappa shape index (κ2) is 5.44. The number of benzene rings is 1. The maximum atomic E-state index is 12.2. The van der Waals surface area contributed by atoms with Gasteiger partial charge < -0.3 is 5.11 Å². The number of carboxylic acids is 1. The number of carbonyl (C=O) groups excluding carboxylic acids is 2. The molecule has 1 aliphatic heterocycles. The summed E-state index contributed by atoms with van der Waals surface area (Å²) in [7, 11) is 0. The van der Waals surface area contributed by atoms with Gasteiger partial charge in [-0.15, -0.1) is 11.8 Å². The van der Waals surface area contributed by atoms with Crippen molar-refractivity contribution in [1.82, 2.24) is 0 Å². The van der Waals surface area contributed by atoms with Gasteiger partial charge in [0, 0.05) is 6.42 Å². The lowest BCUT2D eigenvalue weighted by atomic mass is 10.2. The van der Waals surface area contributed by atoms with Crippen LogP contribution in [0.5, 0.6) is 0 Å². The summed E-state index contributed by atoms with van der Waals surface area (Å²) in [6.45, 7) is 1.83. The maximum absolute atomic E-state index is 12.2. The topological polar surface area (TPSA) is 74.7 Å². The molecule has 1 N–H and O–H groups in total. The fourth-order valence-electron chi connectivity index (χ4n) is 1.97. The second-order valence-electron chi connectivity index (χ2n) is 4.25. The Labute approximate surface area is 114 Å². The molecule has 19 heavy (non-hydrogen) atoms. The highest BCUT2D eigenvalue weighted by Gasteiger charge is 2.40. The van der Waals surface area contributed by atoms with Crippen LogP contribution in [0.1, 0.15) is 12.0 Å². The van der Waals surface area contributed by atoms with Gasteiger partial charge in [0.05, 0.1) is 16.7 Å². The van der Waals surface area contributed by atoms with Crippen molar-refractivity contribution >= 4 is 35.2 Å². The number of anilines is 1. The summed E-state index contributed by atoms with van der Waals surface area (Å²) in [6.07, 6.45) is 0.0606. The van der Waals surface area contributed by atoms with Gasteiger partial charge in [-0.25, -0.2) is 4.90 Å². The molecule has 0 bridgehead atoms. The number of carboxylic acid groups (broad SMARTS) is 1. The Hall–Kier alpha value is -1.82. The summed E-state index contributed by atoms with van der Waals surface area (Å²) in [6, 6.07) is 7.14. The van der Waals surface area contributed by atoms with Crippen LogP contribution in [-0.2, 0) is 14.4 Å². The van der Waals surface area contributed by atoms with Gasteiger partial charge in [-0.1, -0.05) is 18.2 Å². The van der Waals surface area contributed by atoms with Gasteiger partial charge in [-0.3, -0.25) is 14.4 Å². The number of thioether (sulfide) groups is 1. The standard InChI is InChI=1S/C13H13NO4S/c1-8-4-2-3-5-9(8)14-11(15)6-10(13(14)18)19-7-12(16)17/h2-5,10H,6-7H2,1H3,(H,16,17). The van der Waals surface area contributed by atoms with Crippen molar-refractivity contribution in [3.8, 4) is 0 Å². The van der Waals surface area contributed by atoms with Gasteiger partial charge in [0.1, 0.15) is 0 Å². The van der Waals surface area contributed by atoms with E-state index in [-0.39, 0.29) is 24.0 Å². The first-order chi connectivity index (χ1) is 9.00.